The minimum atomic E-state index is 0.912. The molecule has 0 fully saturated rings. The zero-order valence-electron chi connectivity index (χ0n) is 8.33. The first-order valence-corrected chi connectivity index (χ1v) is 4.77. The molecule has 1 heterocycles. The Morgan fingerprint density at radius 2 is 2.14 bits per heavy atom. The minimum Gasteiger partial charge on any atom is -0.256 e. The first-order chi connectivity index (χ1) is 6.83. The maximum Gasteiger partial charge on any atom is 0.0705 e. The van der Waals surface area contributed by atoms with E-state index in [4.69, 9.17) is 0 Å². The first kappa shape index (κ1) is 8.95. The summed E-state index contributed by atoms with van der Waals surface area (Å²) in [6.45, 7) is 5.88. The lowest BCUT2D eigenvalue weighted by atomic mass is 10.0. The van der Waals surface area contributed by atoms with Gasteiger partial charge in [0.1, 0.15) is 0 Å². The molecular weight excluding hydrogens is 170 g/mol. The van der Waals surface area contributed by atoms with Crippen molar-refractivity contribution in [3.8, 4) is 0 Å². The van der Waals surface area contributed by atoms with Crippen LogP contribution in [0.4, 0.5) is 0 Å². The van der Waals surface area contributed by atoms with Gasteiger partial charge >= 0.3 is 0 Å². The molecule has 0 saturated heterocycles. The van der Waals surface area contributed by atoms with Crippen molar-refractivity contribution in [2.24, 2.45) is 0 Å². The Morgan fingerprint density at radius 1 is 1.36 bits per heavy atom. The fourth-order valence-electron chi connectivity index (χ4n) is 1.71. The van der Waals surface area contributed by atoms with E-state index in [1.807, 2.05) is 24.4 Å². The standard InChI is InChI=1S/C13H13N/c1-3-6-11-10(2)9-14-13-8-5-4-7-12(11)13/h3-5,7-9H,1,6H2,2H3. The minimum absolute atomic E-state index is 0.912. The number of hydrogen-bond acceptors (Lipinski definition) is 1. The number of allylic oxidation sites excluding steroid dienone is 1. The predicted octanol–water partition coefficient (Wildman–Crippen LogP) is 3.27. The van der Waals surface area contributed by atoms with Crippen LogP contribution in [0, 0.1) is 6.92 Å². The van der Waals surface area contributed by atoms with E-state index in [1.165, 1.54) is 16.5 Å². The summed E-state index contributed by atoms with van der Waals surface area (Å²) in [7, 11) is 0. The van der Waals surface area contributed by atoms with Crippen molar-refractivity contribution < 1.29 is 0 Å². The molecule has 1 heteroatoms. The zero-order chi connectivity index (χ0) is 9.97. The van der Waals surface area contributed by atoms with Crippen LogP contribution in [0.3, 0.4) is 0 Å². The summed E-state index contributed by atoms with van der Waals surface area (Å²) in [6.07, 6.45) is 4.78. The van der Waals surface area contributed by atoms with Gasteiger partial charge in [0.05, 0.1) is 5.52 Å². The number of aryl methyl sites for hydroxylation is 1. The molecule has 2 aromatic rings. The Kier molecular flexibility index (Phi) is 2.32. The van der Waals surface area contributed by atoms with E-state index in [1.54, 1.807) is 0 Å². The van der Waals surface area contributed by atoms with Gasteiger partial charge in [0, 0.05) is 11.6 Å². The summed E-state index contributed by atoms with van der Waals surface area (Å²) in [6, 6.07) is 8.23. The van der Waals surface area contributed by atoms with Crippen LogP contribution in [0.15, 0.2) is 43.1 Å². The summed E-state index contributed by atoms with van der Waals surface area (Å²) < 4.78 is 0. The molecule has 0 saturated carbocycles. The molecule has 70 valence electrons. The molecule has 0 aliphatic carbocycles. The molecule has 1 nitrogen and oxygen atoms in total. The number of hydrogen-bond donors (Lipinski definition) is 0. The highest BCUT2D eigenvalue weighted by Crippen LogP contribution is 2.20. The van der Waals surface area contributed by atoms with Gasteiger partial charge in [-0.05, 0) is 30.5 Å². The van der Waals surface area contributed by atoms with E-state index >= 15 is 0 Å². The van der Waals surface area contributed by atoms with Crippen molar-refractivity contribution in [1.82, 2.24) is 4.98 Å². The van der Waals surface area contributed by atoms with Crippen molar-refractivity contribution in [3.63, 3.8) is 0 Å². The average molecular weight is 183 g/mol. The van der Waals surface area contributed by atoms with Crippen LogP contribution < -0.4 is 0 Å². The van der Waals surface area contributed by atoms with Gasteiger partial charge in [-0.25, -0.2) is 0 Å². The van der Waals surface area contributed by atoms with Crippen LogP contribution in [-0.2, 0) is 6.42 Å². The number of para-hydroxylation sites is 1. The SMILES string of the molecule is C=CCc1c(C)cnc2ccccc12. The van der Waals surface area contributed by atoms with Crippen LogP contribution in [0.1, 0.15) is 11.1 Å². The Labute approximate surface area is 84.1 Å². The monoisotopic (exact) mass is 183 g/mol. The van der Waals surface area contributed by atoms with Gasteiger partial charge in [0.2, 0.25) is 0 Å². The number of aromatic nitrogens is 1. The van der Waals surface area contributed by atoms with E-state index in [2.05, 4.69) is 30.6 Å². The predicted molar refractivity (Wildman–Crippen MR) is 60.4 cm³/mol. The van der Waals surface area contributed by atoms with Crippen molar-refractivity contribution >= 4 is 10.9 Å². The van der Waals surface area contributed by atoms with Gasteiger partial charge in [0.25, 0.3) is 0 Å². The summed E-state index contributed by atoms with van der Waals surface area (Å²) >= 11 is 0. The van der Waals surface area contributed by atoms with E-state index in [0.29, 0.717) is 0 Å². The fraction of sp³-hybridized carbons (Fsp3) is 0.154. The molecular formula is C13H13N. The highest BCUT2D eigenvalue weighted by atomic mass is 14.6. The van der Waals surface area contributed by atoms with Crippen LogP contribution in [-0.4, -0.2) is 4.98 Å². The van der Waals surface area contributed by atoms with Gasteiger partial charge in [0.15, 0.2) is 0 Å². The molecule has 14 heavy (non-hydrogen) atoms. The largest absolute Gasteiger partial charge is 0.256 e. The van der Waals surface area contributed by atoms with Crippen molar-refractivity contribution in [1.29, 1.82) is 0 Å². The summed E-state index contributed by atoms with van der Waals surface area (Å²) in [5, 5.41) is 1.24. The summed E-state index contributed by atoms with van der Waals surface area (Å²) in [5.74, 6) is 0. The third kappa shape index (κ3) is 1.41. The molecule has 1 aromatic carbocycles. The number of fused-ring (bicyclic) bond motifs is 1. The third-order valence-electron chi connectivity index (χ3n) is 2.45. The zero-order valence-corrected chi connectivity index (χ0v) is 8.33. The normalized spacial score (nSPS) is 10.4. The van der Waals surface area contributed by atoms with Gasteiger partial charge in [-0.1, -0.05) is 24.3 Å². The van der Waals surface area contributed by atoms with Crippen LogP contribution in [0.25, 0.3) is 10.9 Å². The topological polar surface area (TPSA) is 12.9 Å². The van der Waals surface area contributed by atoms with Gasteiger partial charge < -0.3 is 0 Å². The quantitative estimate of drug-likeness (QED) is 0.651. The lowest BCUT2D eigenvalue weighted by Gasteiger charge is -2.06. The molecule has 0 N–H and O–H groups in total. The lowest BCUT2D eigenvalue weighted by molar-refractivity contribution is 1.20. The molecule has 0 aliphatic rings. The van der Waals surface area contributed by atoms with E-state index < -0.39 is 0 Å². The Morgan fingerprint density at radius 3 is 2.93 bits per heavy atom. The van der Waals surface area contributed by atoms with Crippen molar-refractivity contribution in [2.75, 3.05) is 0 Å². The van der Waals surface area contributed by atoms with Gasteiger partial charge in [-0.2, -0.15) is 0 Å². The number of rotatable bonds is 2. The molecule has 0 aliphatic heterocycles. The molecule has 0 spiro atoms. The molecule has 0 bridgehead atoms. The molecule has 2 rings (SSSR count). The second-order valence-electron chi connectivity index (χ2n) is 3.43. The molecule has 0 unspecified atom stereocenters. The Balaban J connectivity index is 2.75. The number of pyridine rings is 1. The van der Waals surface area contributed by atoms with Crippen LogP contribution in [0.5, 0.6) is 0 Å². The van der Waals surface area contributed by atoms with Gasteiger partial charge in [-0.15, -0.1) is 6.58 Å². The second-order valence-corrected chi connectivity index (χ2v) is 3.43. The number of nitrogens with zero attached hydrogens (tertiary/aromatic N) is 1. The smallest absolute Gasteiger partial charge is 0.0705 e. The Hall–Kier alpha value is -1.63. The lowest BCUT2D eigenvalue weighted by Crippen LogP contribution is -1.91. The highest BCUT2D eigenvalue weighted by molar-refractivity contribution is 5.83. The van der Waals surface area contributed by atoms with E-state index in [-0.39, 0.29) is 0 Å². The second kappa shape index (κ2) is 3.62. The average Bonchev–Trinajstić information content (AvgIpc) is 2.23. The van der Waals surface area contributed by atoms with Crippen molar-refractivity contribution in [3.05, 3.63) is 54.2 Å². The van der Waals surface area contributed by atoms with Gasteiger partial charge in [-0.3, -0.25) is 4.98 Å². The fourth-order valence-corrected chi connectivity index (χ4v) is 1.71. The molecule has 0 atom stereocenters. The molecule has 0 amide bonds. The summed E-state index contributed by atoms with van der Waals surface area (Å²) in [5.41, 5.74) is 3.64. The number of benzene rings is 1. The van der Waals surface area contributed by atoms with E-state index in [0.717, 1.165) is 11.9 Å². The maximum absolute atomic E-state index is 4.39. The third-order valence-corrected chi connectivity index (χ3v) is 2.45. The maximum atomic E-state index is 4.39. The Bertz CT molecular complexity index is 472. The van der Waals surface area contributed by atoms with Crippen LogP contribution >= 0.6 is 0 Å². The molecule has 0 radical (unpaired) electrons. The first-order valence-electron chi connectivity index (χ1n) is 4.77. The highest BCUT2D eigenvalue weighted by Gasteiger charge is 2.02. The van der Waals surface area contributed by atoms with Crippen LogP contribution in [0.2, 0.25) is 0 Å². The van der Waals surface area contributed by atoms with Crippen molar-refractivity contribution in [2.45, 2.75) is 13.3 Å². The summed E-state index contributed by atoms with van der Waals surface area (Å²) in [4.78, 5) is 4.39. The molecule has 1 aromatic heterocycles. The van der Waals surface area contributed by atoms with E-state index in [9.17, 15) is 0 Å².